The molecule has 27 heavy (non-hydrogen) atoms. The van der Waals surface area contributed by atoms with Gasteiger partial charge in [-0.2, -0.15) is 13.2 Å². The minimum Gasteiger partial charge on any atom is -0.465 e. The van der Waals surface area contributed by atoms with Gasteiger partial charge in [-0.25, -0.2) is 4.79 Å². The molecule has 7 nitrogen and oxygen atoms in total. The zero-order valence-electron chi connectivity index (χ0n) is 14.3. The van der Waals surface area contributed by atoms with Gasteiger partial charge in [0.1, 0.15) is 0 Å². The van der Waals surface area contributed by atoms with Gasteiger partial charge >= 0.3 is 12.3 Å². The molecule has 0 unspecified atom stereocenters. The molecule has 0 bridgehead atoms. The Morgan fingerprint density at radius 1 is 1.07 bits per heavy atom. The summed E-state index contributed by atoms with van der Waals surface area (Å²) in [6, 6.07) is 3.08. The fourth-order valence-corrected chi connectivity index (χ4v) is 2.99. The Kier molecular flexibility index (Phi) is 6.65. The van der Waals surface area contributed by atoms with Crippen molar-refractivity contribution >= 4 is 17.9 Å². The number of carbonyl (C=O) groups is 3. The van der Waals surface area contributed by atoms with Gasteiger partial charge in [0, 0.05) is 11.6 Å². The van der Waals surface area contributed by atoms with Crippen LogP contribution in [0, 0.1) is 0 Å². The molecule has 1 saturated carbocycles. The molecule has 148 valence electrons. The van der Waals surface area contributed by atoms with Gasteiger partial charge in [0.15, 0.2) is 0 Å². The van der Waals surface area contributed by atoms with Crippen molar-refractivity contribution in [2.24, 2.45) is 0 Å². The Labute approximate surface area is 153 Å². The second-order valence-electron chi connectivity index (χ2n) is 6.28. The number of carboxylic acid groups (broad SMARTS) is 1. The SMILES string of the molecule is O=C(O)N[C@H]1CCCC[C@@H]1NC(=O)CNC(=O)c1cccc(C(F)(F)F)c1. The molecule has 0 aromatic heterocycles. The highest BCUT2D eigenvalue weighted by Gasteiger charge is 2.31. The van der Waals surface area contributed by atoms with E-state index in [4.69, 9.17) is 5.11 Å². The number of amides is 3. The third-order valence-electron chi connectivity index (χ3n) is 4.28. The van der Waals surface area contributed by atoms with Gasteiger partial charge in [-0.3, -0.25) is 9.59 Å². The minimum atomic E-state index is -4.57. The van der Waals surface area contributed by atoms with Gasteiger partial charge in [0.2, 0.25) is 5.91 Å². The molecule has 3 amide bonds. The molecule has 0 heterocycles. The number of hydrogen-bond acceptors (Lipinski definition) is 3. The summed E-state index contributed by atoms with van der Waals surface area (Å²) < 4.78 is 38.1. The summed E-state index contributed by atoms with van der Waals surface area (Å²) in [7, 11) is 0. The second kappa shape index (κ2) is 8.74. The minimum absolute atomic E-state index is 0.208. The quantitative estimate of drug-likeness (QED) is 0.621. The summed E-state index contributed by atoms with van der Waals surface area (Å²) in [6.45, 7) is -0.425. The van der Waals surface area contributed by atoms with E-state index in [9.17, 15) is 27.6 Å². The molecule has 4 N–H and O–H groups in total. The summed E-state index contributed by atoms with van der Waals surface area (Å²) in [5, 5.41) is 16.1. The van der Waals surface area contributed by atoms with E-state index >= 15 is 0 Å². The molecule has 1 aliphatic carbocycles. The predicted molar refractivity (Wildman–Crippen MR) is 89.1 cm³/mol. The maximum absolute atomic E-state index is 12.7. The first-order valence-electron chi connectivity index (χ1n) is 8.41. The molecule has 0 saturated heterocycles. The van der Waals surface area contributed by atoms with E-state index in [1.165, 1.54) is 6.07 Å². The molecule has 1 aromatic carbocycles. The predicted octanol–water partition coefficient (Wildman–Crippen LogP) is 2.13. The van der Waals surface area contributed by atoms with Crippen molar-refractivity contribution in [1.82, 2.24) is 16.0 Å². The van der Waals surface area contributed by atoms with E-state index < -0.39 is 48.3 Å². The van der Waals surface area contributed by atoms with E-state index in [1.54, 1.807) is 0 Å². The van der Waals surface area contributed by atoms with Crippen molar-refractivity contribution in [3.8, 4) is 0 Å². The molecule has 2 rings (SSSR count). The third kappa shape index (κ3) is 6.15. The largest absolute Gasteiger partial charge is 0.465 e. The number of rotatable bonds is 5. The van der Waals surface area contributed by atoms with E-state index in [2.05, 4.69) is 16.0 Å². The summed E-state index contributed by atoms with van der Waals surface area (Å²) in [6.07, 6.45) is -2.89. The summed E-state index contributed by atoms with van der Waals surface area (Å²) in [4.78, 5) is 34.8. The average molecular weight is 387 g/mol. The van der Waals surface area contributed by atoms with Gasteiger partial charge in [-0.15, -0.1) is 0 Å². The van der Waals surface area contributed by atoms with Crippen molar-refractivity contribution < 1.29 is 32.7 Å². The van der Waals surface area contributed by atoms with Gasteiger partial charge in [0.25, 0.3) is 5.91 Å². The van der Waals surface area contributed by atoms with E-state index in [1.807, 2.05) is 0 Å². The zero-order valence-corrected chi connectivity index (χ0v) is 14.3. The monoisotopic (exact) mass is 387 g/mol. The van der Waals surface area contributed by atoms with Gasteiger partial charge in [-0.1, -0.05) is 18.9 Å². The summed E-state index contributed by atoms with van der Waals surface area (Å²) in [5.41, 5.74) is -1.16. The average Bonchev–Trinajstić information content (AvgIpc) is 2.60. The lowest BCUT2D eigenvalue weighted by Gasteiger charge is -2.31. The van der Waals surface area contributed by atoms with Crippen LogP contribution in [0.3, 0.4) is 0 Å². The maximum atomic E-state index is 12.7. The highest BCUT2D eigenvalue weighted by molar-refractivity contribution is 5.96. The first-order valence-corrected chi connectivity index (χ1v) is 8.41. The Morgan fingerprint density at radius 2 is 1.70 bits per heavy atom. The first-order chi connectivity index (χ1) is 12.7. The van der Waals surface area contributed by atoms with Crippen molar-refractivity contribution in [1.29, 1.82) is 0 Å². The molecule has 2 atom stereocenters. The van der Waals surface area contributed by atoms with Crippen LogP contribution in [-0.2, 0) is 11.0 Å². The molecule has 1 aromatic rings. The lowest BCUT2D eigenvalue weighted by Crippen LogP contribution is -2.54. The molecule has 10 heteroatoms. The van der Waals surface area contributed by atoms with Gasteiger partial charge in [0.05, 0.1) is 18.2 Å². The number of alkyl halides is 3. The van der Waals surface area contributed by atoms with E-state index in [0.29, 0.717) is 18.9 Å². The molecule has 1 aliphatic rings. The lowest BCUT2D eigenvalue weighted by molar-refractivity contribution is -0.137. The number of benzene rings is 1. The lowest BCUT2D eigenvalue weighted by atomic mass is 9.90. The van der Waals surface area contributed by atoms with E-state index in [-0.39, 0.29) is 5.56 Å². The zero-order chi connectivity index (χ0) is 20.0. The number of nitrogens with one attached hydrogen (secondary N) is 3. The highest BCUT2D eigenvalue weighted by atomic mass is 19.4. The van der Waals surface area contributed by atoms with Crippen LogP contribution in [0.15, 0.2) is 24.3 Å². The smallest absolute Gasteiger partial charge is 0.416 e. The Hall–Kier alpha value is -2.78. The van der Waals surface area contributed by atoms with Gasteiger partial charge < -0.3 is 21.1 Å². The van der Waals surface area contributed by atoms with Crippen LogP contribution in [0.25, 0.3) is 0 Å². The van der Waals surface area contributed by atoms with Crippen LogP contribution in [0.5, 0.6) is 0 Å². The van der Waals surface area contributed by atoms with Crippen LogP contribution in [0.4, 0.5) is 18.0 Å². The Balaban J connectivity index is 1.89. The fraction of sp³-hybridized carbons (Fsp3) is 0.471. The molecule has 1 fully saturated rings. The van der Waals surface area contributed by atoms with Gasteiger partial charge in [-0.05, 0) is 31.0 Å². The molecular formula is C17H20F3N3O4. The number of hydrogen-bond donors (Lipinski definition) is 4. The maximum Gasteiger partial charge on any atom is 0.416 e. The van der Waals surface area contributed by atoms with Crippen molar-refractivity contribution in [3.05, 3.63) is 35.4 Å². The van der Waals surface area contributed by atoms with E-state index in [0.717, 1.165) is 25.0 Å². The van der Waals surface area contributed by atoms with Crippen molar-refractivity contribution in [2.75, 3.05) is 6.54 Å². The van der Waals surface area contributed by atoms with Crippen LogP contribution >= 0.6 is 0 Å². The summed E-state index contributed by atoms with van der Waals surface area (Å²) in [5.74, 6) is -1.35. The molecule has 0 radical (unpaired) electrons. The van der Waals surface area contributed by atoms with Crippen LogP contribution in [-0.4, -0.2) is 41.6 Å². The van der Waals surface area contributed by atoms with Crippen molar-refractivity contribution in [2.45, 2.75) is 43.9 Å². The molecule has 0 aliphatic heterocycles. The van der Waals surface area contributed by atoms with Crippen LogP contribution in [0.1, 0.15) is 41.6 Å². The number of carbonyl (C=O) groups excluding carboxylic acids is 2. The molecule has 0 spiro atoms. The standard InChI is InChI=1S/C17H20F3N3O4/c18-17(19,20)11-5-3-4-10(8-11)15(25)21-9-14(24)22-12-6-1-2-7-13(12)23-16(26)27/h3-5,8,12-13,23H,1-2,6-7,9H2,(H,21,25)(H,22,24)(H,26,27)/t12-,13-/m0/s1. The topological polar surface area (TPSA) is 108 Å². The Morgan fingerprint density at radius 3 is 2.30 bits per heavy atom. The van der Waals surface area contributed by atoms with Crippen LogP contribution < -0.4 is 16.0 Å². The van der Waals surface area contributed by atoms with Crippen LogP contribution in [0.2, 0.25) is 0 Å². The normalized spacial score (nSPS) is 19.8. The van der Waals surface area contributed by atoms with Crippen molar-refractivity contribution in [3.63, 3.8) is 0 Å². The summed E-state index contributed by atoms with van der Waals surface area (Å²) >= 11 is 0. The first kappa shape index (κ1) is 20.5. The highest BCUT2D eigenvalue weighted by Crippen LogP contribution is 2.29. The third-order valence-corrected chi connectivity index (χ3v) is 4.28. The fourth-order valence-electron chi connectivity index (χ4n) is 2.99. The molecular weight excluding hydrogens is 367 g/mol. The second-order valence-corrected chi connectivity index (χ2v) is 6.28. The number of halogens is 3. The Bertz CT molecular complexity index is 709.